The first-order valence-corrected chi connectivity index (χ1v) is 7.41. The molecule has 0 aromatic carbocycles. The first-order valence-electron chi connectivity index (χ1n) is 7.41. The molecule has 2 aromatic rings. The molecule has 0 saturated heterocycles. The number of aryl methyl sites for hydroxylation is 2. The second-order valence-corrected chi connectivity index (χ2v) is 5.21. The predicted molar refractivity (Wildman–Crippen MR) is 82.7 cm³/mol. The van der Waals surface area contributed by atoms with Gasteiger partial charge in [0.05, 0.1) is 23.2 Å². The molecule has 0 aliphatic heterocycles. The van der Waals surface area contributed by atoms with Gasteiger partial charge in [-0.1, -0.05) is 0 Å². The Balaban J connectivity index is 1.91. The summed E-state index contributed by atoms with van der Waals surface area (Å²) in [7, 11) is 0. The Morgan fingerprint density at radius 1 is 1.43 bits per heavy atom. The highest BCUT2D eigenvalue weighted by Crippen LogP contribution is 2.16. The summed E-state index contributed by atoms with van der Waals surface area (Å²) in [6, 6.07) is 1.72. The summed E-state index contributed by atoms with van der Waals surface area (Å²) < 4.78 is 3.30. The summed E-state index contributed by atoms with van der Waals surface area (Å²) in [4.78, 5) is 22.4. The number of nitrogens with one attached hydrogen (secondary N) is 1. The molecule has 2 heterocycles. The second kappa shape index (κ2) is 7.03. The van der Waals surface area contributed by atoms with Crippen molar-refractivity contribution in [2.75, 3.05) is 0 Å². The van der Waals surface area contributed by atoms with Crippen LogP contribution in [-0.4, -0.2) is 30.4 Å². The van der Waals surface area contributed by atoms with Gasteiger partial charge in [-0.2, -0.15) is 10.2 Å². The van der Waals surface area contributed by atoms with Gasteiger partial charge in [0.2, 0.25) is 5.91 Å². The van der Waals surface area contributed by atoms with Gasteiger partial charge in [0, 0.05) is 19.2 Å². The maximum Gasteiger partial charge on any atom is 0.309 e. The first-order chi connectivity index (χ1) is 10.9. The average Bonchev–Trinajstić information content (AvgIpc) is 3.11. The SMILES string of the molecule is CCn1nccc1[C@H](C)NC(=O)CCn1ncc([N+](=O)[O-])c1C. The van der Waals surface area contributed by atoms with Crippen molar-refractivity contribution in [3.05, 3.63) is 40.0 Å². The number of aromatic nitrogens is 4. The summed E-state index contributed by atoms with van der Waals surface area (Å²) in [6.45, 7) is 6.53. The molecule has 2 rings (SSSR count). The van der Waals surface area contributed by atoms with Crippen LogP contribution < -0.4 is 5.32 Å². The number of amides is 1. The number of hydrogen-bond donors (Lipinski definition) is 1. The van der Waals surface area contributed by atoms with Gasteiger partial charge in [0.15, 0.2) is 0 Å². The third kappa shape index (κ3) is 3.74. The van der Waals surface area contributed by atoms with E-state index in [1.165, 1.54) is 10.9 Å². The third-order valence-corrected chi connectivity index (χ3v) is 3.69. The third-order valence-electron chi connectivity index (χ3n) is 3.69. The van der Waals surface area contributed by atoms with Crippen LogP contribution in [0.15, 0.2) is 18.5 Å². The molecule has 9 heteroatoms. The van der Waals surface area contributed by atoms with E-state index in [2.05, 4.69) is 15.5 Å². The largest absolute Gasteiger partial charge is 0.348 e. The molecule has 1 amide bonds. The van der Waals surface area contributed by atoms with Crippen molar-refractivity contribution < 1.29 is 9.72 Å². The zero-order valence-electron chi connectivity index (χ0n) is 13.4. The van der Waals surface area contributed by atoms with Crippen molar-refractivity contribution in [3.8, 4) is 0 Å². The molecule has 1 atom stereocenters. The minimum Gasteiger partial charge on any atom is -0.348 e. The monoisotopic (exact) mass is 320 g/mol. The minimum atomic E-state index is -0.479. The normalized spacial score (nSPS) is 12.1. The molecule has 0 aliphatic carbocycles. The summed E-state index contributed by atoms with van der Waals surface area (Å²) in [5.41, 5.74) is 1.34. The van der Waals surface area contributed by atoms with Crippen molar-refractivity contribution in [3.63, 3.8) is 0 Å². The molecule has 1 N–H and O–H groups in total. The van der Waals surface area contributed by atoms with E-state index in [9.17, 15) is 14.9 Å². The van der Waals surface area contributed by atoms with Gasteiger partial charge in [0.1, 0.15) is 11.9 Å². The molecule has 0 aliphatic rings. The number of rotatable bonds is 7. The van der Waals surface area contributed by atoms with Crippen LogP contribution in [0.2, 0.25) is 0 Å². The molecule has 9 nitrogen and oxygen atoms in total. The number of carbonyl (C=O) groups is 1. The van der Waals surface area contributed by atoms with E-state index in [1.54, 1.807) is 13.1 Å². The van der Waals surface area contributed by atoms with E-state index in [1.807, 2.05) is 24.6 Å². The fourth-order valence-corrected chi connectivity index (χ4v) is 2.41. The lowest BCUT2D eigenvalue weighted by atomic mass is 10.2. The lowest BCUT2D eigenvalue weighted by Gasteiger charge is -2.15. The van der Waals surface area contributed by atoms with Crippen LogP contribution in [-0.2, 0) is 17.9 Å². The Labute approximate surface area is 133 Å². The number of nitro groups is 1. The van der Waals surface area contributed by atoms with Crippen LogP contribution in [0.4, 0.5) is 5.69 Å². The van der Waals surface area contributed by atoms with Gasteiger partial charge in [0.25, 0.3) is 0 Å². The van der Waals surface area contributed by atoms with E-state index in [4.69, 9.17) is 0 Å². The van der Waals surface area contributed by atoms with Crippen LogP contribution in [0.3, 0.4) is 0 Å². The quantitative estimate of drug-likeness (QED) is 0.615. The van der Waals surface area contributed by atoms with Crippen molar-refractivity contribution in [1.82, 2.24) is 24.9 Å². The molecule has 0 saturated carbocycles. The molecule has 0 bridgehead atoms. The highest BCUT2D eigenvalue weighted by atomic mass is 16.6. The van der Waals surface area contributed by atoms with Crippen molar-refractivity contribution in [2.45, 2.75) is 46.3 Å². The zero-order chi connectivity index (χ0) is 17.0. The molecular weight excluding hydrogens is 300 g/mol. The maximum absolute atomic E-state index is 12.1. The number of carbonyl (C=O) groups excluding carboxylic acids is 1. The Kier molecular flexibility index (Phi) is 5.09. The highest BCUT2D eigenvalue weighted by molar-refractivity contribution is 5.76. The van der Waals surface area contributed by atoms with E-state index in [0.29, 0.717) is 12.2 Å². The lowest BCUT2D eigenvalue weighted by molar-refractivity contribution is -0.385. The number of hydrogen-bond acceptors (Lipinski definition) is 5. The zero-order valence-corrected chi connectivity index (χ0v) is 13.4. The Hall–Kier alpha value is -2.71. The van der Waals surface area contributed by atoms with Crippen LogP contribution in [0.1, 0.15) is 37.7 Å². The van der Waals surface area contributed by atoms with E-state index in [0.717, 1.165) is 12.2 Å². The van der Waals surface area contributed by atoms with Crippen molar-refractivity contribution >= 4 is 11.6 Å². The average molecular weight is 320 g/mol. The van der Waals surface area contributed by atoms with Gasteiger partial charge in [-0.25, -0.2) is 0 Å². The maximum atomic E-state index is 12.1. The van der Waals surface area contributed by atoms with Crippen LogP contribution in [0.5, 0.6) is 0 Å². The van der Waals surface area contributed by atoms with E-state index in [-0.39, 0.29) is 24.1 Å². The Morgan fingerprint density at radius 3 is 2.78 bits per heavy atom. The summed E-state index contributed by atoms with van der Waals surface area (Å²) in [5, 5.41) is 21.8. The summed E-state index contributed by atoms with van der Waals surface area (Å²) in [6.07, 6.45) is 3.10. The lowest BCUT2D eigenvalue weighted by Crippen LogP contribution is -2.29. The van der Waals surface area contributed by atoms with Gasteiger partial charge >= 0.3 is 5.69 Å². The van der Waals surface area contributed by atoms with Gasteiger partial charge < -0.3 is 5.32 Å². The van der Waals surface area contributed by atoms with Crippen molar-refractivity contribution in [2.24, 2.45) is 0 Å². The van der Waals surface area contributed by atoms with Gasteiger partial charge in [-0.05, 0) is 26.8 Å². The van der Waals surface area contributed by atoms with E-state index >= 15 is 0 Å². The molecule has 0 spiro atoms. The predicted octanol–water partition coefficient (Wildman–Crippen LogP) is 1.58. The van der Waals surface area contributed by atoms with E-state index < -0.39 is 4.92 Å². The van der Waals surface area contributed by atoms with Gasteiger partial charge in [-0.15, -0.1) is 0 Å². The van der Waals surface area contributed by atoms with Gasteiger partial charge in [-0.3, -0.25) is 24.3 Å². The fourth-order valence-electron chi connectivity index (χ4n) is 2.41. The minimum absolute atomic E-state index is 0.0365. The molecule has 124 valence electrons. The van der Waals surface area contributed by atoms with Crippen LogP contribution in [0.25, 0.3) is 0 Å². The molecule has 2 aromatic heterocycles. The molecular formula is C14H20N6O3. The Bertz CT molecular complexity index is 705. The van der Waals surface area contributed by atoms with Crippen LogP contribution in [0, 0.1) is 17.0 Å². The second-order valence-electron chi connectivity index (χ2n) is 5.21. The van der Waals surface area contributed by atoms with Crippen molar-refractivity contribution in [1.29, 1.82) is 0 Å². The highest BCUT2D eigenvalue weighted by Gasteiger charge is 2.18. The molecule has 0 fully saturated rings. The smallest absolute Gasteiger partial charge is 0.309 e. The molecule has 0 radical (unpaired) electrons. The first kappa shape index (κ1) is 16.7. The summed E-state index contributed by atoms with van der Waals surface area (Å²) >= 11 is 0. The fraction of sp³-hybridized carbons (Fsp3) is 0.500. The molecule has 23 heavy (non-hydrogen) atoms. The molecule has 0 unspecified atom stereocenters. The summed E-state index contributed by atoms with van der Waals surface area (Å²) in [5.74, 6) is -0.140. The van der Waals surface area contributed by atoms with Crippen LogP contribution >= 0.6 is 0 Å². The number of nitrogens with zero attached hydrogens (tertiary/aromatic N) is 5. The topological polar surface area (TPSA) is 108 Å². The Morgan fingerprint density at radius 2 is 2.17 bits per heavy atom. The standard InChI is InChI=1S/C14H20N6O3/c1-4-18-12(5-7-15-18)10(2)17-14(21)6-8-19-11(3)13(9-16-19)20(22)23/h5,7,9-10H,4,6,8H2,1-3H3,(H,17,21)/t10-/m0/s1.